The molecule has 1 fully saturated rings. The summed E-state index contributed by atoms with van der Waals surface area (Å²) in [4.78, 5) is 3.92. The molecule has 0 bridgehead atoms. The average Bonchev–Trinajstić information content (AvgIpc) is 2.94. The fraction of sp³-hybridized carbons (Fsp3) is 0.647. The molecule has 1 atom stereocenters. The van der Waals surface area contributed by atoms with Crippen molar-refractivity contribution in [3.05, 3.63) is 22.6 Å². The molecular formula is C17H28N2S. The van der Waals surface area contributed by atoms with Gasteiger partial charge in [0, 0.05) is 24.0 Å². The Morgan fingerprint density at radius 2 is 2.10 bits per heavy atom. The molecule has 0 aliphatic carbocycles. The minimum Gasteiger partial charge on any atom is -0.363 e. The summed E-state index contributed by atoms with van der Waals surface area (Å²) in [6.07, 6.45) is 7.62. The number of nitrogens with one attached hydrogen (secondary N) is 1. The fourth-order valence-electron chi connectivity index (χ4n) is 2.58. The largest absolute Gasteiger partial charge is 0.363 e. The van der Waals surface area contributed by atoms with Crippen LogP contribution in [-0.4, -0.2) is 25.7 Å². The molecule has 2 nitrogen and oxygen atoms in total. The van der Waals surface area contributed by atoms with E-state index in [0.29, 0.717) is 6.04 Å². The molecule has 0 radical (unpaired) electrons. The van der Waals surface area contributed by atoms with Gasteiger partial charge in [-0.3, -0.25) is 0 Å². The zero-order chi connectivity index (χ0) is 14.4. The normalized spacial score (nSPS) is 18.4. The molecule has 1 N–H and O–H groups in total. The molecular weight excluding hydrogens is 264 g/mol. The van der Waals surface area contributed by atoms with Crippen LogP contribution in [0.5, 0.6) is 0 Å². The first-order valence-corrected chi connectivity index (χ1v) is 8.78. The van der Waals surface area contributed by atoms with Gasteiger partial charge in [-0.1, -0.05) is 12.5 Å². The fourth-order valence-corrected chi connectivity index (χ4v) is 3.65. The Morgan fingerprint density at radius 3 is 2.80 bits per heavy atom. The smallest absolute Gasteiger partial charge is 0.0914 e. The molecule has 0 spiro atoms. The van der Waals surface area contributed by atoms with Gasteiger partial charge in [-0.15, -0.1) is 11.3 Å². The maximum atomic E-state index is 3.55. The highest BCUT2D eigenvalue weighted by atomic mass is 32.1. The standard InChI is InChI=1S/C17H28N2S/c1-4-10-18-15(3)14(2)13-16-8-9-17(20-16)19-11-6-5-7-12-19/h8-9,13,15,18H,4-7,10-12H2,1-3H3/b14-13+. The molecule has 2 heterocycles. The van der Waals surface area contributed by atoms with Crippen LogP contribution < -0.4 is 10.2 Å². The number of hydrogen-bond donors (Lipinski definition) is 1. The van der Waals surface area contributed by atoms with Gasteiger partial charge in [-0.25, -0.2) is 0 Å². The van der Waals surface area contributed by atoms with Crippen LogP contribution in [0.2, 0.25) is 0 Å². The maximum absolute atomic E-state index is 3.55. The first-order chi connectivity index (χ1) is 9.70. The highest BCUT2D eigenvalue weighted by molar-refractivity contribution is 7.16. The van der Waals surface area contributed by atoms with E-state index in [0.717, 1.165) is 6.54 Å². The molecule has 112 valence electrons. The lowest BCUT2D eigenvalue weighted by atomic mass is 10.1. The minimum absolute atomic E-state index is 0.468. The second kappa shape index (κ2) is 7.84. The number of anilines is 1. The minimum atomic E-state index is 0.468. The van der Waals surface area contributed by atoms with Crippen LogP contribution in [0.4, 0.5) is 5.00 Å². The van der Waals surface area contributed by atoms with Gasteiger partial charge in [0.2, 0.25) is 0 Å². The third kappa shape index (κ3) is 4.35. The molecule has 1 aromatic heterocycles. The molecule has 1 saturated heterocycles. The Morgan fingerprint density at radius 1 is 1.35 bits per heavy atom. The van der Waals surface area contributed by atoms with Crippen molar-refractivity contribution in [2.45, 2.75) is 52.5 Å². The van der Waals surface area contributed by atoms with Gasteiger partial charge < -0.3 is 10.2 Å². The van der Waals surface area contributed by atoms with E-state index in [2.05, 4.69) is 49.2 Å². The molecule has 20 heavy (non-hydrogen) atoms. The van der Waals surface area contributed by atoms with E-state index in [4.69, 9.17) is 0 Å². The number of nitrogens with zero attached hydrogens (tertiary/aromatic N) is 1. The Hall–Kier alpha value is -0.800. The van der Waals surface area contributed by atoms with Gasteiger partial charge in [0.1, 0.15) is 0 Å². The van der Waals surface area contributed by atoms with Crippen LogP contribution in [0.25, 0.3) is 6.08 Å². The van der Waals surface area contributed by atoms with Crippen molar-refractivity contribution >= 4 is 22.4 Å². The van der Waals surface area contributed by atoms with E-state index < -0.39 is 0 Å². The predicted molar refractivity (Wildman–Crippen MR) is 91.8 cm³/mol. The van der Waals surface area contributed by atoms with E-state index in [1.165, 1.54) is 54.2 Å². The summed E-state index contributed by atoms with van der Waals surface area (Å²) >= 11 is 1.93. The van der Waals surface area contributed by atoms with Crippen molar-refractivity contribution in [1.29, 1.82) is 0 Å². The topological polar surface area (TPSA) is 15.3 Å². The van der Waals surface area contributed by atoms with Crippen molar-refractivity contribution < 1.29 is 0 Å². The molecule has 1 unspecified atom stereocenters. The van der Waals surface area contributed by atoms with E-state index in [9.17, 15) is 0 Å². The summed E-state index contributed by atoms with van der Waals surface area (Å²) in [5, 5.41) is 4.99. The Balaban J connectivity index is 1.97. The molecule has 1 aliphatic heterocycles. The van der Waals surface area contributed by atoms with E-state index >= 15 is 0 Å². The summed E-state index contributed by atoms with van der Waals surface area (Å²) in [7, 11) is 0. The number of hydrogen-bond acceptors (Lipinski definition) is 3. The van der Waals surface area contributed by atoms with Crippen LogP contribution >= 0.6 is 11.3 Å². The van der Waals surface area contributed by atoms with Crippen molar-refractivity contribution in [2.24, 2.45) is 0 Å². The lowest BCUT2D eigenvalue weighted by Gasteiger charge is -2.27. The Kier molecular flexibility index (Phi) is 6.11. The Bertz CT molecular complexity index is 430. The zero-order valence-electron chi connectivity index (χ0n) is 13.1. The summed E-state index contributed by atoms with van der Waals surface area (Å²) in [6.45, 7) is 10.3. The number of piperidine rings is 1. The highest BCUT2D eigenvalue weighted by Crippen LogP contribution is 2.30. The summed E-state index contributed by atoms with van der Waals surface area (Å²) in [6, 6.07) is 5.03. The maximum Gasteiger partial charge on any atom is 0.0914 e. The second-order valence-corrected chi connectivity index (χ2v) is 6.88. The Labute approximate surface area is 127 Å². The summed E-state index contributed by atoms with van der Waals surface area (Å²) < 4.78 is 0. The van der Waals surface area contributed by atoms with Gasteiger partial charge >= 0.3 is 0 Å². The van der Waals surface area contributed by atoms with Crippen molar-refractivity contribution in [3.63, 3.8) is 0 Å². The van der Waals surface area contributed by atoms with Crippen LogP contribution in [0.3, 0.4) is 0 Å². The van der Waals surface area contributed by atoms with E-state index in [1.54, 1.807) is 0 Å². The lowest BCUT2D eigenvalue weighted by Crippen LogP contribution is -2.28. The molecule has 0 saturated carbocycles. The third-order valence-electron chi connectivity index (χ3n) is 4.03. The van der Waals surface area contributed by atoms with Gasteiger partial charge in [-0.2, -0.15) is 0 Å². The first-order valence-electron chi connectivity index (χ1n) is 7.97. The van der Waals surface area contributed by atoms with Crippen LogP contribution in [0.15, 0.2) is 17.7 Å². The zero-order valence-corrected chi connectivity index (χ0v) is 13.9. The van der Waals surface area contributed by atoms with Crippen molar-refractivity contribution in [2.75, 3.05) is 24.5 Å². The van der Waals surface area contributed by atoms with Crippen molar-refractivity contribution in [1.82, 2.24) is 5.32 Å². The summed E-state index contributed by atoms with van der Waals surface area (Å²) in [5.41, 5.74) is 1.42. The SMILES string of the molecule is CCCNC(C)/C(C)=C/c1ccc(N2CCCCC2)s1. The third-order valence-corrected chi connectivity index (χ3v) is 5.13. The molecule has 0 aromatic carbocycles. The van der Waals surface area contributed by atoms with E-state index in [1.807, 2.05) is 11.3 Å². The molecule has 1 aliphatic rings. The van der Waals surface area contributed by atoms with Crippen LogP contribution in [-0.2, 0) is 0 Å². The van der Waals surface area contributed by atoms with E-state index in [-0.39, 0.29) is 0 Å². The van der Waals surface area contributed by atoms with Gasteiger partial charge in [0.15, 0.2) is 0 Å². The summed E-state index contributed by atoms with van der Waals surface area (Å²) in [5.74, 6) is 0. The molecule has 1 aromatic rings. The lowest BCUT2D eigenvalue weighted by molar-refractivity contribution is 0.580. The first kappa shape index (κ1) is 15.6. The quantitative estimate of drug-likeness (QED) is 0.828. The molecule has 2 rings (SSSR count). The predicted octanol–water partition coefficient (Wildman–Crippen LogP) is 4.53. The van der Waals surface area contributed by atoms with Crippen LogP contribution in [0, 0.1) is 0 Å². The molecule has 0 amide bonds. The van der Waals surface area contributed by atoms with Gasteiger partial charge in [-0.05, 0) is 64.3 Å². The van der Waals surface area contributed by atoms with Crippen LogP contribution in [0.1, 0.15) is 51.3 Å². The monoisotopic (exact) mass is 292 g/mol. The second-order valence-electron chi connectivity index (χ2n) is 5.79. The highest BCUT2D eigenvalue weighted by Gasteiger charge is 2.12. The number of rotatable bonds is 6. The van der Waals surface area contributed by atoms with Gasteiger partial charge in [0.05, 0.1) is 5.00 Å². The van der Waals surface area contributed by atoms with Crippen molar-refractivity contribution in [3.8, 4) is 0 Å². The number of thiophene rings is 1. The average molecular weight is 292 g/mol. The molecule has 3 heteroatoms. The van der Waals surface area contributed by atoms with Gasteiger partial charge in [0.25, 0.3) is 0 Å².